The molecule has 0 saturated heterocycles. The van der Waals surface area contributed by atoms with Gasteiger partial charge in [0.25, 0.3) is 0 Å². The predicted octanol–water partition coefficient (Wildman–Crippen LogP) is 1.87. The highest BCUT2D eigenvalue weighted by atomic mass is 16.5. The Morgan fingerprint density at radius 2 is 2.31 bits per heavy atom. The van der Waals surface area contributed by atoms with Crippen molar-refractivity contribution in [3.63, 3.8) is 0 Å². The summed E-state index contributed by atoms with van der Waals surface area (Å²) in [6, 6.07) is 3.81. The van der Waals surface area contributed by atoms with E-state index in [1.54, 1.807) is 0 Å². The van der Waals surface area contributed by atoms with Gasteiger partial charge in [-0.05, 0) is 19.9 Å². The molecule has 0 amide bonds. The van der Waals surface area contributed by atoms with E-state index in [4.69, 9.17) is 4.52 Å². The third-order valence-corrected chi connectivity index (χ3v) is 1.86. The minimum Gasteiger partial charge on any atom is -0.361 e. The topological polar surface area (TPSA) is 43.9 Å². The zero-order chi connectivity index (χ0) is 9.26. The molecule has 0 aromatic carbocycles. The highest BCUT2D eigenvalue weighted by molar-refractivity contribution is 5.52. The molecule has 13 heavy (non-hydrogen) atoms. The summed E-state index contributed by atoms with van der Waals surface area (Å²) in [5, 5.41) is 8.19. The van der Waals surface area contributed by atoms with Crippen LogP contribution in [0.3, 0.4) is 0 Å². The van der Waals surface area contributed by atoms with Crippen LogP contribution in [0.4, 0.5) is 0 Å². The minimum absolute atomic E-state index is 0.796. The molecule has 0 aliphatic rings. The van der Waals surface area contributed by atoms with Crippen molar-refractivity contribution >= 4 is 0 Å². The van der Waals surface area contributed by atoms with Crippen LogP contribution in [0.15, 0.2) is 22.9 Å². The molecule has 4 heteroatoms. The number of hydrogen-bond acceptors (Lipinski definition) is 3. The second kappa shape index (κ2) is 3.05. The SMILES string of the molecule is CCn1ccc(-c2cc(C)on2)n1. The molecule has 2 rings (SSSR count). The van der Waals surface area contributed by atoms with Gasteiger partial charge in [-0.2, -0.15) is 5.10 Å². The van der Waals surface area contributed by atoms with E-state index in [9.17, 15) is 0 Å². The van der Waals surface area contributed by atoms with Gasteiger partial charge < -0.3 is 4.52 Å². The fraction of sp³-hybridized carbons (Fsp3) is 0.333. The van der Waals surface area contributed by atoms with E-state index in [0.29, 0.717) is 0 Å². The van der Waals surface area contributed by atoms with Crippen molar-refractivity contribution < 1.29 is 4.52 Å². The second-order valence-corrected chi connectivity index (χ2v) is 2.88. The summed E-state index contributed by atoms with van der Waals surface area (Å²) < 4.78 is 6.82. The molecule has 0 spiro atoms. The van der Waals surface area contributed by atoms with Crippen molar-refractivity contribution in [1.82, 2.24) is 14.9 Å². The van der Waals surface area contributed by atoms with Crippen LogP contribution in [-0.4, -0.2) is 14.9 Å². The fourth-order valence-electron chi connectivity index (χ4n) is 1.16. The van der Waals surface area contributed by atoms with Gasteiger partial charge in [0.05, 0.1) is 0 Å². The molecular weight excluding hydrogens is 166 g/mol. The lowest BCUT2D eigenvalue weighted by Crippen LogP contribution is -1.93. The quantitative estimate of drug-likeness (QED) is 0.703. The lowest BCUT2D eigenvalue weighted by atomic mass is 10.3. The largest absolute Gasteiger partial charge is 0.361 e. The molecule has 2 heterocycles. The summed E-state index contributed by atoms with van der Waals surface area (Å²) in [6.45, 7) is 4.79. The molecule has 0 aliphatic carbocycles. The van der Waals surface area contributed by atoms with Crippen LogP contribution < -0.4 is 0 Å². The molecule has 0 aliphatic heterocycles. The van der Waals surface area contributed by atoms with Gasteiger partial charge >= 0.3 is 0 Å². The van der Waals surface area contributed by atoms with E-state index >= 15 is 0 Å². The Bertz CT molecular complexity index is 402. The fourth-order valence-corrected chi connectivity index (χ4v) is 1.16. The summed E-state index contributed by atoms with van der Waals surface area (Å²) in [4.78, 5) is 0. The van der Waals surface area contributed by atoms with Gasteiger partial charge in [-0.1, -0.05) is 5.16 Å². The molecule has 4 nitrogen and oxygen atoms in total. The number of aromatic nitrogens is 3. The third kappa shape index (κ3) is 1.47. The van der Waals surface area contributed by atoms with E-state index in [-0.39, 0.29) is 0 Å². The summed E-state index contributed by atoms with van der Waals surface area (Å²) in [5.41, 5.74) is 1.66. The molecule has 0 unspecified atom stereocenters. The normalized spacial score (nSPS) is 10.6. The molecule has 0 N–H and O–H groups in total. The second-order valence-electron chi connectivity index (χ2n) is 2.88. The van der Waals surface area contributed by atoms with Crippen LogP contribution >= 0.6 is 0 Å². The first-order valence-corrected chi connectivity index (χ1v) is 4.26. The van der Waals surface area contributed by atoms with Crippen molar-refractivity contribution in [2.24, 2.45) is 0 Å². The lowest BCUT2D eigenvalue weighted by Gasteiger charge is -1.90. The van der Waals surface area contributed by atoms with Crippen LogP contribution in [0, 0.1) is 6.92 Å². The van der Waals surface area contributed by atoms with Crippen LogP contribution in [0.2, 0.25) is 0 Å². The highest BCUT2D eigenvalue weighted by Crippen LogP contribution is 2.15. The van der Waals surface area contributed by atoms with Gasteiger partial charge in [0.15, 0.2) is 0 Å². The molecule has 0 radical (unpaired) electrons. The van der Waals surface area contributed by atoms with Crippen molar-refractivity contribution in [3.8, 4) is 11.4 Å². The van der Waals surface area contributed by atoms with E-state index in [1.807, 2.05) is 36.9 Å². The maximum atomic E-state index is 4.96. The van der Waals surface area contributed by atoms with Crippen LogP contribution in [0.25, 0.3) is 11.4 Å². The average Bonchev–Trinajstić information content (AvgIpc) is 2.71. The molecule has 2 aromatic heterocycles. The summed E-state index contributed by atoms with van der Waals surface area (Å²) in [6.07, 6.45) is 1.93. The Balaban J connectivity index is 2.35. The number of nitrogens with zero attached hydrogens (tertiary/aromatic N) is 3. The van der Waals surface area contributed by atoms with Gasteiger partial charge in [0.2, 0.25) is 0 Å². The summed E-state index contributed by atoms with van der Waals surface area (Å²) in [7, 11) is 0. The van der Waals surface area contributed by atoms with Crippen LogP contribution in [0.5, 0.6) is 0 Å². The standard InChI is InChI=1S/C9H11N3O/c1-3-12-5-4-8(10-12)9-6-7(2)13-11-9/h4-6H,3H2,1-2H3. The zero-order valence-corrected chi connectivity index (χ0v) is 7.69. The third-order valence-electron chi connectivity index (χ3n) is 1.86. The smallest absolute Gasteiger partial charge is 0.134 e. The Morgan fingerprint density at radius 3 is 2.85 bits per heavy atom. The highest BCUT2D eigenvalue weighted by Gasteiger charge is 2.05. The first kappa shape index (κ1) is 8.04. The Kier molecular flexibility index (Phi) is 1.88. The first-order chi connectivity index (χ1) is 6.29. The molecule has 0 atom stereocenters. The molecule has 0 saturated carbocycles. The van der Waals surface area contributed by atoms with Gasteiger partial charge in [0.1, 0.15) is 17.1 Å². The number of aryl methyl sites for hydroxylation is 2. The monoisotopic (exact) mass is 177 g/mol. The van der Waals surface area contributed by atoms with E-state index < -0.39 is 0 Å². The zero-order valence-electron chi connectivity index (χ0n) is 7.69. The Labute approximate surface area is 76.2 Å². The van der Waals surface area contributed by atoms with Crippen molar-refractivity contribution in [1.29, 1.82) is 0 Å². The molecule has 2 aromatic rings. The van der Waals surface area contributed by atoms with Crippen molar-refractivity contribution in [2.45, 2.75) is 20.4 Å². The Morgan fingerprint density at radius 1 is 1.46 bits per heavy atom. The van der Waals surface area contributed by atoms with Crippen molar-refractivity contribution in [2.75, 3.05) is 0 Å². The average molecular weight is 177 g/mol. The lowest BCUT2D eigenvalue weighted by molar-refractivity contribution is 0.399. The van der Waals surface area contributed by atoms with E-state index in [0.717, 1.165) is 23.7 Å². The van der Waals surface area contributed by atoms with Gasteiger partial charge in [-0.3, -0.25) is 4.68 Å². The van der Waals surface area contributed by atoms with E-state index in [1.165, 1.54) is 0 Å². The summed E-state index contributed by atoms with van der Waals surface area (Å²) >= 11 is 0. The van der Waals surface area contributed by atoms with Gasteiger partial charge in [-0.15, -0.1) is 0 Å². The van der Waals surface area contributed by atoms with Crippen LogP contribution in [0.1, 0.15) is 12.7 Å². The Hall–Kier alpha value is -1.58. The molecular formula is C9H11N3O. The maximum Gasteiger partial charge on any atom is 0.134 e. The molecule has 0 bridgehead atoms. The summed E-state index contributed by atoms with van der Waals surface area (Å²) in [5.74, 6) is 0.807. The number of rotatable bonds is 2. The molecule has 68 valence electrons. The van der Waals surface area contributed by atoms with Crippen LogP contribution in [-0.2, 0) is 6.54 Å². The van der Waals surface area contributed by atoms with Crippen molar-refractivity contribution in [3.05, 3.63) is 24.1 Å². The first-order valence-electron chi connectivity index (χ1n) is 4.26. The maximum absolute atomic E-state index is 4.96. The van der Waals surface area contributed by atoms with Gasteiger partial charge in [-0.25, -0.2) is 0 Å². The number of hydrogen-bond donors (Lipinski definition) is 0. The molecule has 0 fully saturated rings. The van der Waals surface area contributed by atoms with Gasteiger partial charge in [0, 0.05) is 18.8 Å². The minimum atomic E-state index is 0.796. The predicted molar refractivity (Wildman–Crippen MR) is 48.1 cm³/mol. The van der Waals surface area contributed by atoms with E-state index in [2.05, 4.69) is 10.3 Å².